The van der Waals surface area contributed by atoms with Crippen molar-refractivity contribution in [2.75, 3.05) is 20.2 Å². The van der Waals surface area contributed by atoms with E-state index in [2.05, 4.69) is 4.98 Å². The lowest BCUT2D eigenvalue weighted by atomic mass is 10.1. The van der Waals surface area contributed by atoms with Gasteiger partial charge in [0.15, 0.2) is 12.3 Å². The van der Waals surface area contributed by atoms with Gasteiger partial charge in [0.05, 0.1) is 6.10 Å². The summed E-state index contributed by atoms with van der Waals surface area (Å²) in [6, 6.07) is 5.80. The molecule has 0 unspecified atom stereocenters. The van der Waals surface area contributed by atoms with Crippen molar-refractivity contribution in [1.29, 1.82) is 0 Å². The number of nitrogens with zero attached hydrogens (tertiary/aromatic N) is 2. The first kappa shape index (κ1) is 18.4. The molecule has 140 valence electrons. The Balaban J connectivity index is 1.48. The Morgan fingerprint density at radius 3 is 3.08 bits per heavy atom. The average Bonchev–Trinajstić information content (AvgIpc) is 3.14. The number of aromatic nitrogens is 1. The quantitative estimate of drug-likeness (QED) is 0.755. The number of benzene rings is 1. The molecule has 1 amide bonds. The third-order valence-electron chi connectivity index (χ3n) is 4.34. The van der Waals surface area contributed by atoms with Crippen LogP contribution >= 0.6 is 0 Å². The van der Waals surface area contributed by atoms with Crippen LogP contribution in [-0.4, -0.2) is 42.1 Å². The van der Waals surface area contributed by atoms with Gasteiger partial charge in [-0.25, -0.2) is 9.37 Å². The van der Waals surface area contributed by atoms with Gasteiger partial charge in [-0.2, -0.15) is 0 Å². The zero-order valence-electron chi connectivity index (χ0n) is 14.8. The number of hydrogen-bond acceptors (Lipinski definition) is 5. The molecule has 1 saturated heterocycles. The van der Waals surface area contributed by atoms with E-state index in [0.717, 1.165) is 25.9 Å². The van der Waals surface area contributed by atoms with E-state index in [1.54, 1.807) is 24.1 Å². The van der Waals surface area contributed by atoms with E-state index in [1.807, 2.05) is 0 Å². The van der Waals surface area contributed by atoms with E-state index in [4.69, 9.17) is 13.9 Å². The predicted octanol–water partition coefficient (Wildman–Crippen LogP) is 3.42. The molecule has 0 N–H and O–H groups in total. The van der Waals surface area contributed by atoms with Crippen molar-refractivity contribution in [3.63, 3.8) is 0 Å². The van der Waals surface area contributed by atoms with Crippen molar-refractivity contribution in [3.8, 4) is 5.75 Å². The summed E-state index contributed by atoms with van der Waals surface area (Å²) < 4.78 is 29.5. The number of ether oxygens (including phenoxy) is 2. The van der Waals surface area contributed by atoms with Crippen LogP contribution in [0.25, 0.3) is 0 Å². The maximum atomic E-state index is 13.1. The molecule has 1 aromatic carbocycles. The molecular weight excluding hydrogens is 339 g/mol. The van der Waals surface area contributed by atoms with E-state index < -0.39 is 0 Å². The van der Waals surface area contributed by atoms with Crippen LogP contribution in [0.2, 0.25) is 0 Å². The van der Waals surface area contributed by atoms with Crippen LogP contribution < -0.4 is 4.74 Å². The molecule has 2 aromatic rings. The van der Waals surface area contributed by atoms with Crippen LogP contribution in [0, 0.1) is 5.82 Å². The molecule has 3 rings (SSSR count). The number of rotatable bonds is 7. The maximum absolute atomic E-state index is 13.1. The Bertz CT molecular complexity index is 728. The molecule has 1 aromatic heterocycles. The fraction of sp³-hybridized carbons (Fsp3) is 0.474. The van der Waals surface area contributed by atoms with Crippen LogP contribution in [0.15, 0.2) is 34.9 Å². The highest BCUT2D eigenvalue weighted by molar-refractivity contribution is 5.91. The lowest BCUT2D eigenvalue weighted by Crippen LogP contribution is -2.31. The van der Waals surface area contributed by atoms with E-state index in [1.165, 1.54) is 24.8 Å². The van der Waals surface area contributed by atoms with Crippen LogP contribution in [-0.2, 0) is 11.3 Å². The summed E-state index contributed by atoms with van der Waals surface area (Å²) in [6.45, 7) is 1.43. The monoisotopic (exact) mass is 362 g/mol. The Morgan fingerprint density at radius 1 is 1.42 bits per heavy atom. The van der Waals surface area contributed by atoms with Gasteiger partial charge in [0, 0.05) is 26.3 Å². The third-order valence-corrected chi connectivity index (χ3v) is 4.34. The molecule has 2 heterocycles. The van der Waals surface area contributed by atoms with Gasteiger partial charge in [0.2, 0.25) is 5.89 Å². The topological polar surface area (TPSA) is 64.8 Å². The molecule has 1 aliphatic rings. The van der Waals surface area contributed by atoms with Crippen LogP contribution in [0.1, 0.15) is 42.1 Å². The zero-order valence-corrected chi connectivity index (χ0v) is 14.8. The highest BCUT2D eigenvalue weighted by Gasteiger charge is 2.19. The second-order valence-corrected chi connectivity index (χ2v) is 6.38. The van der Waals surface area contributed by atoms with Gasteiger partial charge in [-0.05, 0) is 37.8 Å². The Morgan fingerprint density at radius 2 is 2.31 bits per heavy atom. The SMILES string of the molecule is CN(CC[C@@H]1CCCCO1)C(=O)c1coc(COc2cccc(F)c2)n1. The number of hydrogen-bond donors (Lipinski definition) is 0. The van der Waals surface area contributed by atoms with Gasteiger partial charge in [0.1, 0.15) is 17.8 Å². The summed E-state index contributed by atoms with van der Waals surface area (Å²) in [7, 11) is 1.74. The van der Waals surface area contributed by atoms with E-state index in [0.29, 0.717) is 12.3 Å². The zero-order chi connectivity index (χ0) is 18.4. The molecule has 1 fully saturated rings. The predicted molar refractivity (Wildman–Crippen MR) is 92.4 cm³/mol. The summed E-state index contributed by atoms with van der Waals surface area (Å²) in [4.78, 5) is 18.2. The largest absolute Gasteiger partial charge is 0.484 e. The van der Waals surface area contributed by atoms with Gasteiger partial charge in [0.25, 0.3) is 5.91 Å². The number of amides is 1. The molecule has 0 radical (unpaired) electrons. The maximum Gasteiger partial charge on any atom is 0.275 e. The first-order valence-electron chi connectivity index (χ1n) is 8.81. The molecule has 0 saturated carbocycles. The standard InChI is InChI=1S/C19H23FN2O4/c1-22(9-8-15-6-2-3-10-24-15)19(23)17-12-26-18(21-17)13-25-16-7-4-5-14(20)11-16/h4-5,7,11-12,15H,2-3,6,8-10,13H2,1H3/t15-/m0/s1. The Hall–Kier alpha value is -2.41. The highest BCUT2D eigenvalue weighted by atomic mass is 19.1. The fourth-order valence-electron chi connectivity index (χ4n) is 2.85. The van der Waals surface area contributed by atoms with Crippen molar-refractivity contribution in [3.05, 3.63) is 47.9 Å². The lowest BCUT2D eigenvalue weighted by Gasteiger charge is -2.24. The van der Waals surface area contributed by atoms with Crippen molar-refractivity contribution in [1.82, 2.24) is 9.88 Å². The second kappa shape index (κ2) is 8.80. The molecule has 7 heteroatoms. The van der Waals surface area contributed by atoms with Crippen molar-refractivity contribution in [2.45, 2.75) is 38.4 Å². The van der Waals surface area contributed by atoms with Gasteiger partial charge >= 0.3 is 0 Å². The summed E-state index contributed by atoms with van der Waals surface area (Å²) in [5.41, 5.74) is 0.231. The number of carbonyl (C=O) groups is 1. The van der Waals surface area contributed by atoms with E-state index in [-0.39, 0.29) is 36.0 Å². The Kier molecular flexibility index (Phi) is 6.22. The first-order valence-corrected chi connectivity index (χ1v) is 8.81. The van der Waals surface area contributed by atoms with Gasteiger partial charge < -0.3 is 18.8 Å². The molecule has 1 aliphatic heterocycles. The van der Waals surface area contributed by atoms with Gasteiger partial charge in [-0.15, -0.1) is 0 Å². The summed E-state index contributed by atoms with van der Waals surface area (Å²) in [6.07, 6.45) is 5.71. The summed E-state index contributed by atoms with van der Waals surface area (Å²) in [5, 5.41) is 0. The summed E-state index contributed by atoms with van der Waals surface area (Å²) >= 11 is 0. The third kappa shape index (κ3) is 5.05. The lowest BCUT2D eigenvalue weighted by molar-refractivity contribution is 0.00705. The number of halogens is 1. The minimum atomic E-state index is -0.380. The number of carbonyl (C=O) groups excluding carboxylic acids is 1. The summed E-state index contributed by atoms with van der Waals surface area (Å²) in [5.74, 6) is 0.0539. The molecule has 26 heavy (non-hydrogen) atoms. The molecule has 1 atom stereocenters. The van der Waals surface area contributed by atoms with Gasteiger partial charge in [-0.1, -0.05) is 6.07 Å². The molecule has 6 nitrogen and oxygen atoms in total. The highest BCUT2D eigenvalue weighted by Crippen LogP contribution is 2.17. The smallest absolute Gasteiger partial charge is 0.275 e. The molecular formula is C19H23FN2O4. The normalized spacial score (nSPS) is 17.1. The van der Waals surface area contributed by atoms with Crippen molar-refractivity contribution in [2.24, 2.45) is 0 Å². The van der Waals surface area contributed by atoms with Gasteiger partial charge in [-0.3, -0.25) is 4.79 Å². The molecule has 0 bridgehead atoms. The number of oxazole rings is 1. The fourth-order valence-corrected chi connectivity index (χ4v) is 2.85. The van der Waals surface area contributed by atoms with Crippen LogP contribution in [0.3, 0.4) is 0 Å². The van der Waals surface area contributed by atoms with E-state index >= 15 is 0 Å². The van der Waals surface area contributed by atoms with Crippen molar-refractivity contribution >= 4 is 5.91 Å². The van der Waals surface area contributed by atoms with E-state index in [9.17, 15) is 9.18 Å². The minimum absolute atomic E-state index is 0.0242. The second-order valence-electron chi connectivity index (χ2n) is 6.38. The van der Waals surface area contributed by atoms with Crippen LogP contribution in [0.4, 0.5) is 4.39 Å². The molecule has 0 spiro atoms. The first-order chi connectivity index (χ1) is 12.6. The average molecular weight is 362 g/mol. The molecule has 0 aliphatic carbocycles. The van der Waals surface area contributed by atoms with Crippen molar-refractivity contribution < 1.29 is 23.1 Å². The Labute approximate surface area is 151 Å². The van der Waals surface area contributed by atoms with Crippen LogP contribution in [0.5, 0.6) is 5.75 Å². The minimum Gasteiger partial charge on any atom is -0.484 e.